The Kier molecular flexibility index (Phi) is 3.56. The highest BCUT2D eigenvalue weighted by Gasteiger charge is 2.10. The summed E-state index contributed by atoms with van der Waals surface area (Å²) in [6.45, 7) is 4.90. The van der Waals surface area contributed by atoms with E-state index in [2.05, 4.69) is 9.89 Å². The number of thioether (sulfide) groups is 1. The lowest BCUT2D eigenvalue weighted by Gasteiger charge is -2.27. The summed E-state index contributed by atoms with van der Waals surface area (Å²) in [7, 11) is 0. The van der Waals surface area contributed by atoms with Crippen molar-refractivity contribution in [3.63, 3.8) is 0 Å². The Morgan fingerprint density at radius 1 is 1.55 bits per heavy atom. The molecule has 64 valence electrons. The van der Waals surface area contributed by atoms with Crippen LogP contribution < -0.4 is 5.73 Å². The zero-order valence-electron chi connectivity index (χ0n) is 6.92. The number of guanidine groups is 1. The third kappa shape index (κ3) is 2.61. The molecule has 0 saturated carbocycles. The summed E-state index contributed by atoms with van der Waals surface area (Å²) >= 11 is 1.98. The predicted octanol–water partition coefficient (Wildman–Crippen LogP) is 0.370. The van der Waals surface area contributed by atoms with Crippen LogP contribution in [0.2, 0.25) is 0 Å². The maximum Gasteiger partial charge on any atom is 0.191 e. The van der Waals surface area contributed by atoms with Crippen LogP contribution in [0.25, 0.3) is 0 Å². The molecule has 1 fully saturated rings. The van der Waals surface area contributed by atoms with Crippen molar-refractivity contribution in [1.29, 1.82) is 0 Å². The van der Waals surface area contributed by atoms with Gasteiger partial charge in [-0.05, 0) is 6.92 Å². The van der Waals surface area contributed by atoms with Gasteiger partial charge >= 0.3 is 0 Å². The number of nitrogens with two attached hydrogens (primary N) is 1. The van der Waals surface area contributed by atoms with E-state index in [1.165, 1.54) is 11.5 Å². The van der Waals surface area contributed by atoms with Gasteiger partial charge in [0.25, 0.3) is 0 Å². The predicted molar refractivity (Wildman–Crippen MR) is 51.1 cm³/mol. The summed E-state index contributed by atoms with van der Waals surface area (Å²) in [6.07, 6.45) is 0. The Hall–Kier alpha value is -0.380. The highest BCUT2D eigenvalue weighted by Crippen LogP contribution is 2.08. The summed E-state index contributed by atoms with van der Waals surface area (Å²) in [5, 5.41) is 0. The van der Waals surface area contributed by atoms with Crippen molar-refractivity contribution in [3.05, 3.63) is 0 Å². The molecule has 0 aliphatic carbocycles. The second kappa shape index (κ2) is 4.49. The Morgan fingerprint density at radius 3 is 2.73 bits per heavy atom. The molecule has 11 heavy (non-hydrogen) atoms. The highest BCUT2D eigenvalue weighted by atomic mass is 32.2. The first-order valence-electron chi connectivity index (χ1n) is 3.97. The molecule has 3 nitrogen and oxygen atoms in total. The van der Waals surface area contributed by atoms with Gasteiger partial charge in [-0.2, -0.15) is 11.8 Å². The molecular formula is C7H15N3S. The van der Waals surface area contributed by atoms with Crippen molar-refractivity contribution < 1.29 is 0 Å². The van der Waals surface area contributed by atoms with Crippen LogP contribution in [0.1, 0.15) is 6.92 Å². The molecule has 2 N–H and O–H groups in total. The number of hydrogen-bond donors (Lipinski definition) is 1. The van der Waals surface area contributed by atoms with Crippen molar-refractivity contribution in [3.8, 4) is 0 Å². The highest BCUT2D eigenvalue weighted by molar-refractivity contribution is 7.99. The van der Waals surface area contributed by atoms with Gasteiger partial charge in [-0.25, -0.2) is 0 Å². The number of hydrogen-bond acceptors (Lipinski definition) is 2. The van der Waals surface area contributed by atoms with Crippen LogP contribution in [0.15, 0.2) is 4.99 Å². The fraction of sp³-hybridized carbons (Fsp3) is 0.857. The first kappa shape index (κ1) is 8.71. The van der Waals surface area contributed by atoms with E-state index in [0.29, 0.717) is 5.96 Å². The lowest BCUT2D eigenvalue weighted by Crippen LogP contribution is -2.42. The minimum atomic E-state index is 0.716. The summed E-state index contributed by atoms with van der Waals surface area (Å²) in [5.74, 6) is 3.08. The molecule has 1 aliphatic rings. The molecule has 4 heteroatoms. The maximum absolute atomic E-state index is 5.73. The van der Waals surface area contributed by atoms with Crippen LogP contribution in [-0.4, -0.2) is 42.0 Å². The van der Waals surface area contributed by atoms with E-state index in [0.717, 1.165) is 19.6 Å². The van der Waals surface area contributed by atoms with Gasteiger partial charge < -0.3 is 10.6 Å². The van der Waals surface area contributed by atoms with Crippen LogP contribution in [0, 0.1) is 0 Å². The zero-order valence-corrected chi connectivity index (χ0v) is 7.73. The zero-order chi connectivity index (χ0) is 8.10. The lowest BCUT2D eigenvalue weighted by atomic mass is 10.5. The van der Waals surface area contributed by atoms with Crippen LogP contribution in [-0.2, 0) is 0 Å². The molecule has 0 amide bonds. The standard InChI is InChI=1S/C7H15N3S/c1-2-9-7(8)10-3-5-11-6-4-10/h2-6H2,1H3,(H2,8,9). The Balaban J connectivity index is 2.38. The van der Waals surface area contributed by atoms with Gasteiger partial charge in [-0.1, -0.05) is 0 Å². The summed E-state index contributed by atoms with van der Waals surface area (Å²) in [6, 6.07) is 0. The van der Waals surface area contributed by atoms with Crippen LogP contribution in [0.3, 0.4) is 0 Å². The number of rotatable bonds is 1. The molecule has 0 aromatic carbocycles. The van der Waals surface area contributed by atoms with Crippen molar-refractivity contribution in [2.75, 3.05) is 31.1 Å². The maximum atomic E-state index is 5.73. The van der Waals surface area contributed by atoms with E-state index in [9.17, 15) is 0 Å². The fourth-order valence-electron chi connectivity index (χ4n) is 1.05. The molecule has 0 unspecified atom stereocenters. The molecule has 0 aromatic heterocycles. The molecule has 0 radical (unpaired) electrons. The average Bonchev–Trinajstić information content (AvgIpc) is 2.07. The van der Waals surface area contributed by atoms with Crippen LogP contribution in [0.4, 0.5) is 0 Å². The quantitative estimate of drug-likeness (QED) is 0.460. The Morgan fingerprint density at radius 2 is 2.18 bits per heavy atom. The molecule has 0 spiro atoms. The largest absolute Gasteiger partial charge is 0.370 e. The van der Waals surface area contributed by atoms with E-state index in [1.54, 1.807) is 0 Å². The average molecular weight is 173 g/mol. The second-order valence-corrected chi connectivity index (χ2v) is 3.66. The first-order valence-corrected chi connectivity index (χ1v) is 5.12. The van der Waals surface area contributed by atoms with E-state index >= 15 is 0 Å². The van der Waals surface area contributed by atoms with Crippen LogP contribution in [0.5, 0.6) is 0 Å². The number of nitrogens with zero attached hydrogens (tertiary/aromatic N) is 2. The molecule has 1 rings (SSSR count). The van der Waals surface area contributed by atoms with Crippen molar-refractivity contribution in [2.45, 2.75) is 6.92 Å². The third-order valence-electron chi connectivity index (χ3n) is 1.66. The molecule has 1 heterocycles. The van der Waals surface area contributed by atoms with Crippen molar-refractivity contribution >= 4 is 17.7 Å². The van der Waals surface area contributed by atoms with Gasteiger partial charge in [-0.3, -0.25) is 4.99 Å². The van der Waals surface area contributed by atoms with Gasteiger partial charge in [-0.15, -0.1) is 0 Å². The third-order valence-corrected chi connectivity index (χ3v) is 2.60. The first-order chi connectivity index (χ1) is 5.34. The van der Waals surface area contributed by atoms with Gasteiger partial charge in [0, 0.05) is 31.1 Å². The van der Waals surface area contributed by atoms with Crippen molar-refractivity contribution in [1.82, 2.24) is 4.90 Å². The number of aliphatic imine (C=N–C) groups is 1. The molecule has 0 aromatic rings. The van der Waals surface area contributed by atoms with E-state index in [1.807, 2.05) is 18.7 Å². The smallest absolute Gasteiger partial charge is 0.191 e. The normalized spacial score (nSPS) is 20.5. The van der Waals surface area contributed by atoms with Gasteiger partial charge in [0.15, 0.2) is 5.96 Å². The van der Waals surface area contributed by atoms with Crippen molar-refractivity contribution in [2.24, 2.45) is 10.7 Å². The summed E-state index contributed by atoms with van der Waals surface area (Å²) in [5.41, 5.74) is 5.73. The fourth-order valence-corrected chi connectivity index (χ4v) is 1.96. The lowest BCUT2D eigenvalue weighted by molar-refractivity contribution is 0.456. The monoisotopic (exact) mass is 173 g/mol. The van der Waals surface area contributed by atoms with Gasteiger partial charge in [0.1, 0.15) is 0 Å². The summed E-state index contributed by atoms with van der Waals surface area (Å²) in [4.78, 5) is 6.31. The minimum Gasteiger partial charge on any atom is -0.370 e. The van der Waals surface area contributed by atoms with E-state index in [4.69, 9.17) is 5.73 Å². The molecule has 0 atom stereocenters. The SMILES string of the molecule is CCN=C(N)N1CCSCC1. The minimum absolute atomic E-state index is 0.716. The Bertz CT molecular complexity index is 141. The van der Waals surface area contributed by atoms with E-state index < -0.39 is 0 Å². The Labute approximate surface area is 72.0 Å². The van der Waals surface area contributed by atoms with E-state index in [-0.39, 0.29) is 0 Å². The topological polar surface area (TPSA) is 41.6 Å². The van der Waals surface area contributed by atoms with Crippen LogP contribution >= 0.6 is 11.8 Å². The van der Waals surface area contributed by atoms with Gasteiger partial charge in [0.05, 0.1) is 0 Å². The molecular weight excluding hydrogens is 158 g/mol. The second-order valence-electron chi connectivity index (χ2n) is 2.43. The molecule has 1 aliphatic heterocycles. The summed E-state index contributed by atoms with van der Waals surface area (Å²) < 4.78 is 0. The molecule has 1 saturated heterocycles. The molecule has 0 bridgehead atoms. The van der Waals surface area contributed by atoms with Gasteiger partial charge in [0.2, 0.25) is 0 Å².